The summed E-state index contributed by atoms with van der Waals surface area (Å²) < 4.78 is 0. The van der Waals surface area contributed by atoms with Crippen LogP contribution in [-0.2, 0) is 4.79 Å². The predicted octanol–water partition coefficient (Wildman–Crippen LogP) is 1.07. The smallest absolute Gasteiger partial charge is 0.131 e. The second kappa shape index (κ2) is 7.04. The minimum Gasteiger partial charge on any atom is -0.328 e. The van der Waals surface area contributed by atoms with Crippen molar-refractivity contribution in [1.29, 1.82) is 0 Å². The summed E-state index contributed by atoms with van der Waals surface area (Å²) in [5.74, 6) is 0.242. The van der Waals surface area contributed by atoms with Crippen LogP contribution in [0.25, 0.3) is 0 Å². The molecule has 3 N–H and O–H groups in total. The molecule has 0 radical (unpaired) electrons. The van der Waals surface area contributed by atoms with Crippen molar-refractivity contribution in [1.82, 2.24) is 5.32 Å². The van der Waals surface area contributed by atoms with Crippen molar-refractivity contribution in [3.05, 3.63) is 0 Å². The van der Waals surface area contributed by atoms with Gasteiger partial charge in [0.25, 0.3) is 0 Å². The highest BCUT2D eigenvalue weighted by Gasteiger charge is 2.03. The van der Waals surface area contributed by atoms with Crippen LogP contribution in [0.15, 0.2) is 0 Å². The van der Waals surface area contributed by atoms with Gasteiger partial charge in [0, 0.05) is 25.0 Å². The van der Waals surface area contributed by atoms with Crippen molar-refractivity contribution in [3.8, 4) is 0 Å². The fraction of sp³-hybridized carbons (Fsp3) is 0.900. The SMILES string of the molecule is CC(=O)CCNC(C)CCC(C)N. The third kappa shape index (κ3) is 9.50. The fourth-order valence-corrected chi connectivity index (χ4v) is 1.11. The molecule has 0 aromatic carbocycles. The largest absolute Gasteiger partial charge is 0.328 e. The van der Waals surface area contributed by atoms with Crippen LogP contribution in [0.5, 0.6) is 0 Å². The summed E-state index contributed by atoms with van der Waals surface area (Å²) in [6.07, 6.45) is 2.74. The molecule has 0 spiro atoms. The lowest BCUT2D eigenvalue weighted by Gasteiger charge is -2.14. The zero-order chi connectivity index (χ0) is 10.3. The Labute approximate surface area is 81.1 Å². The van der Waals surface area contributed by atoms with E-state index in [1.807, 2.05) is 6.92 Å². The normalized spacial score (nSPS) is 15.4. The van der Waals surface area contributed by atoms with E-state index in [0.717, 1.165) is 19.4 Å². The van der Waals surface area contributed by atoms with Gasteiger partial charge in [-0.2, -0.15) is 0 Å². The highest BCUT2D eigenvalue weighted by Crippen LogP contribution is 1.98. The van der Waals surface area contributed by atoms with Gasteiger partial charge in [0.1, 0.15) is 5.78 Å². The molecule has 3 nitrogen and oxygen atoms in total. The zero-order valence-corrected chi connectivity index (χ0v) is 8.97. The second-order valence-electron chi connectivity index (χ2n) is 3.86. The van der Waals surface area contributed by atoms with Gasteiger partial charge in [-0.3, -0.25) is 4.79 Å². The van der Waals surface area contributed by atoms with E-state index in [1.54, 1.807) is 6.92 Å². The summed E-state index contributed by atoms with van der Waals surface area (Å²) in [7, 11) is 0. The van der Waals surface area contributed by atoms with E-state index in [-0.39, 0.29) is 11.8 Å². The maximum absolute atomic E-state index is 10.6. The number of nitrogens with one attached hydrogen (secondary N) is 1. The van der Waals surface area contributed by atoms with Gasteiger partial charge in [0.2, 0.25) is 0 Å². The fourth-order valence-electron chi connectivity index (χ4n) is 1.11. The summed E-state index contributed by atoms with van der Waals surface area (Å²) in [6, 6.07) is 0.738. The lowest BCUT2D eigenvalue weighted by Crippen LogP contribution is -2.29. The molecule has 0 aliphatic heterocycles. The molecule has 3 heteroatoms. The topological polar surface area (TPSA) is 55.1 Å². The van der Waals surface area contributed by atoms with Crippen molar-refractivity contribution >= 4 is 5.78 Å². The van der Waals surface area contributed by atoms with E-state index in [2.05, 4.69) is 12.2 Å². The summed E-state index contributed by atoms with van der Waals surface area (Å²) >= 11 is 0. The Morgan fingerprint density at radius 1 is 1.38 bits per heavy atom. The molecular weight excluding hydrogens is 164 g/mol. The van der Waals surface area contributed by atoms with Crippen LogP contribution in [-0.4, -0.2) is 24.4 Å². The molecule has 0 bridgehead atoms. The third-order valence-electron chi connectivity index (χ3n) is 2.02. The standard InChI is InChI=1S/C10H22N2O/c1-8(11)4-5-9(2)12-7-6-10(3)13/h8-9,12H,4-7,11H2,1-3H3. The number of nitrogens with two attached hydrogens (primary N) is 1. The number of carbonyl (C=O) groups is 1. The van der Waals surface area contributed by atoms with Gasteiger partial charge in [0.05, 0.1) is 0 Å². The summed E-state index contributed by atoms with van der Waals surface area (Å²) in [6.45, 7) is 6.55. The molecular formula is C10H22N2O. The molecule has 0 heterocycles. The monoisotopic (exact) mass is 186 g/mol. The molecule has 0 aromatic rings. The molecule has 0 aliphatic rings. The molecule has 0 fully saturated rings. The Kier molecular flexibility index (Phi) is 6.82. The predicted molar refractivity (Wildman–Crippen MR) is 55.6 cm³/mol. The van der Waals surface area contributed by atoms with Crippen LogP contribution in [0.3, 0.4) is 0 Å². The number of Topliss-reactive ketones (excluding diaryl/α,β-unsaturated/α-hetero) is 1. The highest BCUT2D eigenvalue weighted by atomic mass is 16.1. The summed E-state index contributed by atoms with van der Waals surface area (Å²) in [5.41, 5.74) is 5.64. The van der Waals surface area contributed by atoms with Crippen LogP contribution < -0.4 is 11.1 Å². The molecule has 0 aromatic heterocycles. The van der Waals surface area contributed by atoms with Gasteiger partial charge in [-0.25, -0.2) is 0 Å². The number of hydrogen-bond acceptors (Lipinski definition) is 3. The maximum Gasteiger partial charge on any atom is 0.131 e. The Morgan fingerprint density at radius 2 is 2.00 bits per heavy atom. The third-order valence-corrected chi connectivity index (χ3v) is 2.02. The molecule has 13 heavy (non-hydrogen) atoms. The highest BCUT2D eigenvalue weighted by molar-refractivity contribution is 5.75. The van der Waals surface area contributed by atoms with Gasteiger partial charge in [-0.15, -0.1) is 0 Å². The Bertz CT molecular complexity index is 146. The Morgan fingerprint density at radius 3 is 2.46 bits per heavy atom. The lowest BCUT2D eigenvalue weighted by molar-refractivity contribution is -0.116. The van der Waals surface area contributed by atoms with Crippen molar-refractivity contribution in [2.75, 3.05) is 6.54 Å². The Hall–Kier alpha value is -0.410. The van der Waals surface area contributed by atoms with Crippen molar-refractivity contribution in [2.45, 2.75) is 52.1 Å². The first-order valence-corrected chi connectivity index (χ1v) is 5.00. The van der Waals surface area contributed by atoms with Crippen LogP contribution in [0.4, 0.5) is 0 Å². The van der Waals surface area contributed by atoms with Crippen LogP contribution >= 0.6 is 0 Å². The Balaban J connectivity index is 3.29. The first-order valence-electron chi connectivity index (χ1n) is 5.00. The summed E-state index contributed by atoms with van der Waals surface area (Å²) in [5, 5.41) is 3.29. The first kappa shape index (κ1) is 12.6. The van der Waals surface area contributed by atoms with E-state index < -0.39 is 0 Å². The molecule has 2 atom stereocenters. The number of rotatable bonds is 7. The maximum atomic E-state index is 10.6. The minimum absolute atomic E-state index is 0.242. The second-order valence-corrected chi connectivity index (χ2v) is 3.86. The molecule has 0 amide bonds. The molecule has 0 saturated carbocycles. The summed E-state index contributed by atoms with van der Waals surface area (Å²) in [4.78, 5) is 10.6. The van der Waals surface area contributed by atoms with Crippen molar-refractivity contribution in [3.63, 3.8) is 0 Å². The van der Waals surface area contributed by atoms with Crippen LogP contribution in [0.1, 0.15) is 40.0 Å². The minimum atomic E-state index is 0.242. The van der Waals surface area contributed by atoms with E-state index in [0.29, 0.717) is 12.5 Å². The van der Waals surface area contributed by atoms with Gasteiger partial charge in [-0.05, 0) is 33.6 Å². The number of carbonyl (C=O) groups excluding carboxylic acids is 1. The average molecular weight is 186 g/mol. The molecule has 78 valence electrons. The van der Waals surface area contributed by atoms with Crippen LogP contribution in [0.2, 0.25) is 0 Å². The average Bonchev–Trinajstić information content (AvgIpc) is 2.00. The molecule has 0 aliphatic carbocycles. The number of hydrogen-bond donors (Lipinski definition) is 2. The van der Waals surface area contributed by atoms with E-state index in [9.17, 15) is 4.79 Å². The number of ketones is 1. The molecule has 2 unspecified atom stereocenters. The van der Waals surface area contributed by atoms with Gasteiger partial charge in [-0.1, -0.05) is 0 Å². The van der Waals surface area contributed by atoms with Gasteiger partial charge < -0.3 is 11.1 Å². The van der Waals surface area contributed by atoms with Crippen molar-refractivity contribution < 1.29 is 4.79 Å². The van der Waals surface area contributed by atoms with Crippen LogP contribution in [0, 0.1) is 0 Å². The van der Waals surface area contributed by atoms with Gasteiger partial charge >= 0.3 is 0 Å². The van der Waals surface area contributed by atoms with E-state index >= 15 is 0 Å². The quantitative estimate of drug-likeness (QED) is 0.625. The molecule has 0 saturated heterocycles. The first-order chi connectivity index (χ1) is 6.02. The van der Waals surface area contributed by atoms with Gasteiger partial charge in [0.15, 0.2) is 0 Å². The lowest BCUT2D eigenvalue weighted by atomic mass is 10.1. The van der Waals surface area contributed by atoms with E-state index in [4.69, 9.17) is 5.73 Å². The zero-order valence-electron chi connectivity index (χ0n) is 8.97. The van der Waals surface area contributed by atoms with E-state index in [1.165, 1.54) is 0 Å². The molecule has 0 rings (SSSR count). The van der Waals surface area contributed by atoms with Crippen molar-refractivity contribution in [2.24, 2.45) is 5.73 Å².